The van der Waals surface area contributed by atoms with Crippen LogP contribution in [0.25, 0.3) is 0 Å². The maximum atomic E-state index is 12.5. The Morgan fingerprint density at radius 1 is 1.04 bits per heavy atom. The van der Waals surface area contributed by atoms with Gasteiger partial charge in [-0.25, -0.2) is 8.42 Å². The van der Waals surface area contributed by atoms with Gasteiger partial charge in [0.2, 0.25) is 10.0 Å². The molecular weight excluding hydrogens is 424 g/mol. The first kappa shape index (κ1) is 18.6. The second-order valence-corrected chi connectivity index (χ2v) is 8.63. The first-order valence-corrected chi connectivity index (χ1v) is 10.2. The largest absolute Gasteiger partial charge is 0.356 e. The number of carbonyl (C=O) groups excluding carboxylic acids is 2. The molecule has 3 rings (SSSR count). The number of rotatable bonds is 4. The molecule has 1 aliphatic heterocycles. The van der Waals surface area contributed by atoms with E-state index in [0.29, 0.717) is 17.6 Å². The molecule has 2 amide bonds. The highest BCUT2D eigenvalue weighted by Gasteiger charge is 2.27. The van der Waals surface area contributed by atoms with Crippen molar-refractivity contribution < 1.29 is 18.0 Å². The topological polar surface area (TPSA) is 111 Å². The highest BCUT2D eigenvalue weighted by Crippen LogP contribution is 2.21. The summed E-state index contributed by atoms with van der Waals surface area (Å²) in [5, 5.41) is 0. The molecule has 1 aliphatic rings. The van der Waals surface area contributed by atoms with Crippen LogP contribution in [0, 0.1) is 0 Å². The summed E-state index contributed by atoms with van der Waals surface area (Å²) in [5.74, 6) is -1.05. The SMILES string of the molecule is O=C(NNC(=O)c1cc(Br)c[nH]1)c1ccc(S(=O)(=O)N2CCCC2)cc1. The van der Waals surface area contributed by atoms with Crippen molar-refractivity contribution in [3.63, 3.8) is 0 Å². The fraction of sp³-hybridized carbons (Fsp3) is 0.250. The van der Waals surface area contributed by atoms with E-state index in [-0.39, 0.29) is 16.2 Å². The van der Waals surface area contributed by atoms with Gasteiger partial charge in [0.1, 0.15) is 5.69 Å². The van der Waals surface area contributed by atoms with Gasteiger partial charge in [0.25, 0.3) is 11.8 Å². The fourth-order valence-electron chi connectivity index (χ4n) is 2.61. The van der Waals surface area contributed by atoms with Crippen LogP contribution in [0.4, 0.5) is 0 Å². The molecule has 0 bridgehead atoms. The van der Waals surface area contributed by atoms with E-state index in [2.05, 4.69) is 31.8 Å². The van der Waals surface area contributed by atoms with Crippen molar-refractivity contribution in [3.05, 3.63) is 52.3 Å². The average Bonchev–Trinajstić information content (AvgIpc) is 3.31. The number of carbonyl (C=O) groups is 2. The third-order valence-corrected chi connectivity index (χ3v) is 6.37. The van der Waals surface area contributed by atoms with E-state index in [4.69, 9.17) is 0 Å². The molecule has 0 aliphatic carbocycles. The lowest BCUT2D eigenvalue weighted by Crippen LogP contribution is -2.41. The van der Waals surface area contributed by atoms with Crippen LogP contribution < -0.4 is 10.9 Å². The van der Waals surface area contributed by atoms with Gasteiger partial charge in [0.05, 0.1) is 4.90 Å². The monoisotopic (exact) mass is 440 g/mol. The summed E-state index contributed by atoms with van der Waals surface area (Å²) >= 11 is 3.21. The van der Waals surface area contributed by atoms with Gasteiger partial charge in [-0.2, -0.15) is 4.31 Å². The Labute approximate surface area is 159 Å². The first-order chi connectivity index (χ1) is 12.4. The Bertz CT molecular complexity index is 918. The summed E-state index contributed by atoms with van der Waals surface area (Å²) in [7, 11) is -3.52. The molecule has 1 aromatic heterocycles. The van der Waals surface area contributed by atoms with Crippen LogP contribution in [0.5, 0.6) is 0 Å². The van der Waals surface area contributed by atoms with Gasteiger partial charge >= 0.3 is 0 Å². The number of H-pyrrole nitrogens is 1. The third kappa shape index (κ3) is 3.97. The Balaban J connectivity index is 1.62. The Morgan fingerprint density at radius 2 is 1.65 bits per heavy atom. The number of amides is 2. The summed E-state index contributed by atoms with van der Waals surface area (Å²) in [6, 6.07) is 7.18. The number of nitrogens with one attached hydrogen (secondary N) is 3. The normalized spacial score (nSPS) is 15.0. The van der Waals surface area contributed by atoms with Crippen LogP contribution in [-0.2, 0) is 10.0 Å². The zero-order chi connectivity index (χ0) is 18.7. The number of benzene rings is 1. The third-order valence-electron chi connectivity index (χ3n) is 4.00. The van der Waals surface area contributed by atoms with Crippen LogP contribution in [0.1, 0.15) is 33.7 Å². The van der Waals surface area contributed by atoms with Crippen molar-refractivity contribution in [2.24, 2.45) is 0 Å². The van der Waals surface area contributed by atoms with Gasteiger partial charge in [-0.1, -0.05) is 0 Å². The molecule has 0 saturated carbocycles. The molecule has 1 fully saturated rings. The second-order valence-electron chi connectivity index (χ2n) is 5.78. The minimum Gasteiger partial charge on any atom is -0.356 e. The Morgan fingerprint density at radius 3 is 2.23 bits per heavy atom. The van der Waals surface area contributed by atoms with Crippen LogP contribution >= 0.6 is 15.9 Å². The molecule has 0 radical (unpaired) electrons. The van der Waals surface area contributed by atoms with E-state index < -0.39 is 21.8 Å². The molecule has 138 valence electrons. The number of nitrogens with zero attached hydrogens (tertiary/aromatic N) is 1. The first-order valence-electron chi connectivity index (χ1n) is 7.93. The molecule has 3 N–H and O–H groups in total. The Kier molecular flexibility index (Phi) is 5.44. The molecule has 0 atom stereocenters. The number of sulfonamides is 1. The molecule has 8 nitrogen and oxygen atoms in total. The van der Waals surface area contributed by atoms with Gasteiger partial charge in [-0.05, 0) is 59.1 Å². The van der Waals surface area contributed by atoms with Crippen LogP contribution in [0.15, 0.2) is 45.9 Å². The van der Waals surface area contributed by atoms with Gasteiger partial charge in [0, 0.05) is 29.3 Å². The van der Waals surface area contributed by atoms with Crippen LogP contribution in [0.2, 0.25) is 0 Å². The van der Waals surface area contributed by atoms with Crippen molar-refractivity contribution in [1.29, 1.82) is 0 Å². The van der Waals surface area contributed by atoms with E-state index in [1.165, 1.54) is 28.6 Å². The molecule has 2 heterocycles. The lowest BCUT2D eigenvalue weighted by atomic mass is 10.2. The van der Waals surface area contributed by atoms with Gasteiger partial charge in [-0.3, -0.25) is 20.4 Å². The predicted octanol–water partition coefficient (Wildman–Crippen LogP) is 1.64. The van der Waals surface area contributed by atoms with Crippen LogP contribution in [0.3, 0.4) is 0 Å². The van der Waals surface area contributed by atoms with Crippen molar-refractivity contribution in [3.8, 4) is 0 Å². The molecule has 26 heavy (non-hydrogen) atoms. The molecule has 0 spiro atoms. The number of hydrogen-bond donors (Lipinski definition) is 3. The van der Waals surface area contributed by atoms with Crippen LogP contribution in [-0.4, -0.2) is 42.6 Å². The van der Waals surface area contributed by atoms with E-state index in [9.17, 15) is 18.0 Å². The van der Waals surface area contributed by atoms with E-state index in [0.717, 1.165) is 12.8 Å². The number of halogens is 1. The van der Waals surface area contributed by atoms with Gasteiger partial charge < -0.3 is 4.98 Å². The molecular formula is C16H17BrN4O4S. The summed E-state index contributed by atoms with van der Waals surface area (Å²) in [4.78, 5) is 26.8. The summed E-state index contributed by atoms with van der Waals surface area (Å²) in [5.41, 5.74) is 5.09. The number of aromatic nitrogens is 1. The minimum absolute atomic E-state index is 0.149. The zero-order valence-electron chi connectivity index (χ0n) is 13.7. The summed E-state index contributed by atoms with van der Waals surface area (Å²) < 4.78 is 27.1. The van der Waals surface area contributed by atoms with E-state index in [1.807, 2.05) is 0 Å². The molecule has 2 aromatic rings. The quantitative estimate of drug-likeness (QED) is 0.627. The van der Waals surface area contributed by atoms with Crippen molar-refractivity contribution in [1.82, 2.24) is 20.1 Å². The van der Waals surface area contributed by atoms with E-state index >= 15 is 0 Å². The fourth-order valence-corrected chi connectivity index (χ4v) is 4.47. The maximum absolute atomic E-state index is 12.5. The van der Waals surface area contributed by atoms with Crippen molar-refractivity contribution in [2.45, 2.75) is 17.7 Å². The maximum Gasteiger partial charge on any atom is 0.286 e. The highest BCUT2D eigenvalue weighted by molar-refractivity contribution is 9.10. The predicted molar refractivity (Wildman–Crippen MR) is 97.9 cm³/mol. The number of aromatic amines is 1. The Hall–Kier alpha value is -2.17. The summed E-state index contributed by atoms with van der Waals surface area (Å²) in [6.07, 6.45) is 3.31. The highest BCUT2D eigenvalue weighted by atomic mass is 79.9. The number of hydrogen-bond acceptors (Lipinski definition) is 4. The molecule has 10 heteroatoms. The molecule has 1 aromatic carbocycles. The smallest absolute Gasteiger partial charge is 0.286 e. The number of hydrazine groups is 1. The lowest BCUT2D eigenvalue weighted by molar-refractivity contribution is 0.0844. The van der Waals surface area contributed by atoms with E-state index in [1.54, 1.807) is 12.3 Å². The average molecular weight is 441 g/mol. The standard InChI is InChI=1S/C16H17BrN4O4S/c17-12-9-14(18-10-12)16(23)20-19-15(22)11-3-5-13(6-4-11)26(24,25)21-7-1-2-8-21/h3-6,9-10,18H,1-2,7-8H2,(H,19,22)(H,20,23). The van der Waals surface area contributed by atoms with Gasteiger partial charge in [-0.15, -0.1) is 0 Å². The zero-order valence-corrected chi connectivity index (χ0v) is 16.1. The van der Waals surface area contributed by atoms with Gasteiger partial charge in [0.15, 0.2) is 0 Å². The van der Waals surface area contributed by atoms with Crippen molar-refractivity contribution in [2.75, 3.05) is 13.1 Å². The minimum atomic E-state index is -3.52. The molecule has 1 saturated heterocycles. The second kappa shape index (κ2) is 7.60. The van der Waals surface area contributed by atoms with Crippen molar-refractivity contribution >= 4 is 37.8 Å². The lowest BCUT2D eigenvalue weighted by Gasteiger charge is -2.15. The molecule has 0 unspecified atom stereocenters. The summed E-state index contributed by atoms with van der Waals surface area (Å²) in [6.45, 7) is 1.04.